The number of hydrogen-bond donors (Lipinski definition) is 0. The molecular formula is C13H21BrN2O2. The minimum atomic E-state index is 0.280. The molecule has 0 atom stereocenters. The average molecular weight is 317 g/mol. The summed E-state index contributed by atoms with van der Waals surface area (Å²) >= 11 is 3.36. The summed E-state index contributed by atoms with van der Waals surface area (Å²) in [5.74, 6) is 2.20. The molecule has 0 aliphatic heterocycles. The van der Waals surface area contributed by atoms with Crippen LogP contribution in [0.3, 0.4) is 0 Å². The number of halogens is 1. The van der Waals surface area contributed by atoms with Crippen molar-refractivity contribution >= 4 is 15.9 Å². The SMILES string of the molecule is CC(C)COCCOc1cc(Br)nc(C(C)C)n1. The third-order valence-electron chi connectivity index (χ3n) is 2.13. The fourth-order valence-electron chi connectivity index (χ4n) is 1.27. The van der Waals surface area contributed by atoms with Crippen molar-refractivity contribution in [1.29, 1.82) is 0 Å². The number of nitrogens with zero attached hydrogens (tertiary/aromatic N) is 2. The molecule has 1 aromatic rings. The van der Waals surface area contributed by atoms with Crippen LogP contribution in [0.25, 0.3) is 0 Å². The lowest BCUT2D eigenvalue weighted by molar-refractivity contribution is 0.0804. The Morgan fingerprint density at radius 2 is 1.89 bits per heavy atom. The third-order valence-corrected chi connectivity index (χ3v) is 2.54. The zero-order valence-corrected chi connectivity index (χ0v) is 13.0. The van der Waals surface area contributed by atoms with Gasteiger partial charge in [-0.3, -0.25) is 0 Å². The van der Waals surface area contributed by atoms with E-state index in [4.69, 9.17) is 9.47 Å². The molecule has 0 aliphatic carbocycles. The lowest BCUT2D eigenvalue weighted by Crippen LogP contribution is -2.11. The van der Waals surface area contributed by atoms with E-state index in [1.807, 2.05) is 0 Å². The zero-order valence-electron chi connectivity index (χ0n) is 11.4. The van der Waals surface area contributed by atoms with E-state index in [0.29, 0.717) is 25.0 Å². The first-order valence-corrected chi connectivity index (χ1v) is 7.03. The molecule has 0 radical (unpaired) electrons. The highest BCUT2D eigenvalue weighted by atomic mass is 79.9. The van der Waals surface area contributed by atoms with Crippen molar-refractivity contribution in [2.75, 3.05) is 19.8 Å². The van der Waals surface area contributed by atoms with Crippen molar-refractivity contribution < 1.29 is 9.47 Å². The summed E-state index contributed by atoms with van der Waals surface area (Å²) < 4.78 is 11.7. The van der Waals surface area contributed by atoms with E-state index in [2.05, 4.69) is 53.6 Å². The number of hydrogen-bond acceptors (Lipinski definition) is 4. The van der Waals surface area contributed by atoms with Gasteiger partial charge in [-0.15, -0.1) is 0 Å². The Labute approximate surface area is 117 Å². The molecule has 0 spiro atoms. The number of ether oxygens (including phenoxy) is 2. The van der Waals surface area contributed by atoms with Crippen LogP contribution in [0.5, 0.6) is 5.88 Å². The Kier molecular flexibility index (Phi) is 6.57. The van der Waals surface area contributed by atoms with Crippen LogP contribution < -0.4 is 4.74 Å². The molecule has 0 bridgehead atoms. The molecule has 18 heavy (non-hydrogen) atoms. The van der Waals surface area contributed by atoms with E-state index in [1.165, 1.54) is 0 Å². The maximum absolute atomic E-state index is 5.55. The Hall–Kier alpha value is -0.680. The van der Waals surface area contributed by atoms with Crippen molar-refractivity contribution in [3.05, 3.63) is 16.5 Å². The summed E-state index contributed by atoms with van der Waals surface area (Å²) in [5, 5.41) is 0. The Morgan fingerprint density at radius 3 is 2.50 bits per heavy atom. The average Bonchev–Trinajstić information content (AvgIpc) is 2.27. The smallest absolute Gasteiger partial charge is 0.217 e. The van der Waals surface area contributed by atoms with Crippen molar-refractivity contribution in [2.45, 2.75) is 33.6 Å². The molecule has 5 heteroatoms. The van der Waals surface area contributed by atoms with Gasteiger partial charge < -0.3 is 9.47 Å². The Morgan fingerprint density at radius 1 is 1.17 bits per heavy atom. The first kappa shape index (κ1) is 15.4. The number of aromatic nitrogens is 2. The monoisotopic (exact) mass is 316 g/mol. The largest absolute Gasteiger partial charge is 0.475 e. The second kappa shape index (κ2) is 7.69. The molecule has 0 saturated heterocycles. The van der Waals surface area contributed by atoms with Gasteiger partial charge in [-0.05, 0) is 21.8 Å². The van der Waals surface area contributed by atoms with Crippen LogP contribution in [-0.4, -0.2) is 29.8 Å². The van der Waals surface area contributed by atoms with Crippen LogP contribution >= 0.6 is 15.9 Å². The molecule has 102 valence electrons. The lowest BCUT2D eigenvalue weighted by Gasteiger charge is -2.10. The van der Waals surface area contributed by atoms with Gasteiger partial charge in [0.25, 0.3) is 0 Å². The van der Waals surface area contributed by atoms with Gasteiger partial charge >= 0.3 is 0 Å². The van der Waals surface area contributed by atoms with Crippen molar-refractivity contribution in [3.63, 3.8) is 0 Å². The predicted molar refractivity (Wildman–Crippen MR) is 75.0 cm³/mol. The van der Waals surface area contributed by atoms with E-state index in [9.17, 15) is 0 Å². The van der Waals surface area contributed by atoms with Crippen LogP contribution in [-0.2, 0) is 4.74 Å². The molecule has 0 fully saturated rings. The van der Waals surface area contributed by atoms with Crippen LogP contribution in [0.2, 0.25) is 0 Å². The van der Waals surface area contributed by atoms with Gasteiger partial charge in [-0.1, -0.05) is 27.7 Å². The Balaban J connectivity index is 2.42. The molecule has 0 saturated carbocycles. The number of rotatable bonds is 7. The van der Waals surface area contributed by atoms with E-state index in [-0.39, 0.29) is 5.92 Å². The molecule has 0 N–H and O–H groups in total. The molecule has 4 nitrogen and oxygen atoms in total. The lowest BCUT2D eigenvalue weighted by atomic mass is 10.2. The normalized spacial score (nSPS) is 11.3. The van der Waals surface area contributed by atoms with Gasteiger partial charge in [0, 0.05) is 18.6 Å². The van der Waals surface area contributed by atoms with Gasteiger partial charge in [0.05, 0.1) is 6.61 Å². The van der Waals surface area contributed by atoms with Gasteiger partial charge in [-0.25, -0.2) is 4.98 Å². The minimum absolute atomic E-state index is 0.280. The standard InChI is InChI=1S/C13H21BrN2O2/c1-9(2)8-17-5-6-18-12-7-11(14)15-13(16-12)10(3)4/h7,9-10H,5-6,8H2,1-4H3. The van der Waals surface area contributed by atoms with Crippen LogP contribution in [0, 0.1) is 5.92 Å². The van der Waals surface area contributed by atoms with Crippen LogP contribution in [0.15, 0.2) is 10.7 Å². The molecule has 1 rings (SSSR count). The third kappa shape index (κ3) is 5.78. The van der Waals surface area contributed by atoms with E-state index < -0.39 is 0 Å². The molecule has 0 aromatic carbocycles. The summed E-state index contributed by atoms with van der Waals surface area (Å²) in [6.45, 7) is 10.2. The predicted octanol–water partition coefficient (Wildman–Crippen LogP) is 3.41. The van der Waals surface area contributed by atoms with Gasteiger partial charge in [0.15, 0.2) is 0 Å². The van der Waals surface area contributed by atoms with Crippen molar-refractivity contribution in [1.82, 2.24) is 9.97 Å². The second-order valence-corrected chi connectivity index (χ2v) is 5.67. The molecule has 0 aliphatic rings. The summed E-state index contributed by atoms with van der Waals surface area (Å²) in [5.41, 5.74) is 0. The molecular weight excluding hydrogens is 296 g/mol. The van der Waals surface area contributed by atoms with Crippen molar-refractivity contribution in [3.8, 4) is 5.88 Å². The van der Waals surface area contributed by atoms with Crippen molar-refractivity contribution in [2.24, 2.45) is 5.92 Å². The molecule has 1 aromatic heterocycles. The fraction of sp³-hybridized carbons (Fsp3) is 0.692. The zero-order chi connectivity index (χ0) is 13.5. The van der Waals surface area contributed by atoms with E-state index >= 15 is 0 Å². The maximum atomic E-state index is 5.55. The first-order valence-electron chi connectivity index (χ1n) is 6.24. The highest BCUT2D eigenvalue weighted by Gasteiger charge is 2.07. The van der Waals surface area contributed by atoms with E-state index in [0.717, 1.165) is 17.0 Å². The van der Waals surface area contributed by atoms with Gasteiger partial charge in [0.2, 0.25) is 5.88 Å². The first-order chi connectivity index (χ1) is 8.49. The highest BCUT2D eigenvalue weighted by molar-refractivity contribution is 9.10. The van der Waals surface area contributed by atoms with Crippen LogP contribution in [0.1, 0.15) is 39.4 Å². The van der Waals surface area contributed by atoms with Gasteiger partial charge in [0.1, 0.15) is 17.0 Å². The van der Waals surface area contributed by atoms with Crippen LogP contribution in [0.4, 0.5) is 0 Å². The topological polar surface area (TPSA) is 44.2 Å². The van der Waals surface area contributed by atoms with Gasteiger partial charge in [-0.2, -0.15) is 4.98 Å². The summed E-state index contributed by atoms with van der Waals surface area (Å²) in [6.07, 6.45) is 0. The van der Waals surface area contributed by atoms with E-state index in [1.54, 1.807) is 6.07 Å². The maximum Gasteiger partial charge on any atom is 0.217 e. The summed E-state index contributed by atoms with van der Waals surface area (Å²) in [4.78, 5) is 8.64. The fourth-order valence-corrected chi connectivity index (χ4v) is 1.65. The highest BCUT2D eigenvalue weighted by Crippen LogP contribution is 2.18. The molecule has 1 heterocycles. The summed E-state index contributed by atoms with van der Waals surface area (Å²) in [7, 11) is 0. The quantitative estimate of drug-likeness (QED) is 0.571. The molecule has 0 unspecified atom stereocenters. The molecule has 0 amide bonds. The Bertz CT molecular complexity index is 370. The minimum Gasteiger partial charge on any atom is -0.475 e. The summed E-state index contributed by atoms with van der Waals surface area (Å²) in [6, 6.07) is 1.77. The second-order valence-electron chi connectivity index (χ2n) is 4.86.